The minimum Gasteiger partial charge on any atom is -0.381 e. The zero-order valence-corrected chi connectivity index (χ0v) is 21.5. The molecule has 3 atom stereocenters. The van der Waals surface area contributed by atoms with E-state index in [2.05, 4.69) is 24.9 Å². The molecule has 3 aromatic rings. The van der Waals surface area contributed by atoms with Crippen molar-refractivity contribution < 1.29 is 21.6 Å². The number of alkyl halides is 3. The number of benzene rings is 2. The van der Waals surface area contributed by atoms with Crippen LogP contribution >= 0.6 is 0 Å². The Kier molecular flexibility index (Phi) is 7.58. The van der Waals surface area contributed by atoms with Crippen molar-refractivity contribution in [2.24, 2.45) is 0 Å². The highest BCUT2D eigenvalue weighted by molar-refractivity contribution is 7.92. The van der Waals surface area contributed by atoms with Crippen molar-refractivity contribution in [3.8, 4) is 0 Å². The Morgan fingerprint density at radius 1 is 0.974 bits per heavy atom. The lowest BCUT2D eigenvalue weighted by atomic mass is 9.77. The van der Waals surface area contributed by atoms with Crippen LogP contribution in [0.3, 0.4) is 0 Å². The summed E-state index contributed by atoms with van der Waals surface area (Å²) in [6.07, 6.45) is 2.95. The van der Waals surface area contributed by atoms with Gasteiger partial charge in [0, 0.05) is 24.0 Å². The molecule has 1 aromatic heterocycles. The van der Waals surface area contributed by atoms with Gasteiger partial charge in [-0.15, -0.1) is 0 Å². The molecule has 0 unspecified atom stereocenters. The molecule has 2 fully saturated rings. The van der Waals surface area contributed by atoms with Crippen LogP contribution in [0.5, 0.6) is 0 Å². The number of likely N-dealkylation sites (tertiary alicyclic amines) is 1. The average molecular weight is 546 g/mol. The fourth-order valence-electron chi connectivity index (χ4n) is 5.56. The van der Waals surface area contributed by atoms with Crippen LogP contribution in [0, 0.1) is 0 Å². The molecule has 0 spiro atoms. The minimum absolute atomic E-state index is 0.0568. The molecule has 2 aromatic carbocycles. The SMILES string of the molecule is O=S(=O)(Nc1ccncn1)c1ccc(N[C@H]2CC[C@H](c3cccc(C(F)(F)F)c3)C[C@@H]2N2CCCC2)cc1. The molecule has 0 radical (unpaired) electrons. The van der Waals surface area contributed by atoms with Crippen LogP contribution < -0.4 is 10.0 Å². The quantitative estimate of drug-likeness (QED) is 0.407. The van der Waals surface area contributed by atoms with Crippen LogP contribution in [0.25, 0.3) is 0 Å². The third kappa shape index (κ3) is 6.10. The van der Waals surface area contributed by atoms with Crippen molar-refractivity contribution in [2.75, 3.05) is 23.1 Å². The van der Waals surface area contributed by atoms with Crippen molar-refractivity contribution in [3.63, 3.8) is 0 Å². The number of hydrogen-bond donors (Lipinski definition) is 2. The van der Waals surface area contributed by atoms with Gasteiger partial charge in [-0.1, -0.05) is 18.2 Å². The topological polar surface area (TPSA) is 87.2 Å². The van der Waals surface area contributed by atoms with E-state index in [0.717, 1.165) is 62.5 Å². The lowest BCUT2D eigenvalue weighted by Crippen LogP contribution is -2.49. The fraction of sp³-hybridized carbons (Fsp3) is 0.407. The van der Waals surface area contributed by atoms with Gasteiger partial charge in [-0.25, -0.2) is 18.4 Å². The van der Waals surface area contributed by atoms with Crippen molar-refractivity contribution in [2.45, 2.75) is 61.2 Å². The Morgan fingerprint density at radius 2 is 1.74 bits per heavy atom. The largest absolute Gasteiger partial charge is 0.416 e. The van der Waals surface area contributed by atoms with Gasteiger partial charge >= 0.3 is 6.18 Å². The predicted octanol–water partition coefficient (Wildman–Crippen LogP) is 5.51. The summed E-state index contributed by atoms with van der Waals surface area (Å²) in [5.74, 6) is 0.245. The van der Waals surface area contributed by atoms with E-state index >= 15 is 0 Å². The highest BCUT2D eigenvalue weighted by Crippen LogP contribution is 2.39. The third-order valence-corrected chi connectivity index (χ3v) is 8.82. The summed E-state index contributed by atoms with van der Waals surface area (Å²) < 4.78 is 67.8. The normalized spacial score (nSPS) is 22.8. The molecule has 11 heteroatoms. The van der Waals surface area contributed by atoms with Crippen molar-refractivity contribution >= 4 is 21.5 Å². The molecule has 0 amide bonds. The number of anilines is 2. The summed E-state index contributed by atoms with van der Waals surface area (Å²) in [5, 5.41) is 3.59. The molecule has 5 rings (SSSR count). The van der Waals surface area contributed by atoms with E-state index in [1.54, 1.807) is 24.3 Å². The van der Waals surface area contributed by atoms with E-state index in [9.17, 15) is 21.6 Å². The third-order valence-electron chi connectivity index (χ3n) is 7.45. The van der Waals surface area contributed by atoms with Crippen LogP contribution in [-0.4, -0.2) is 48.5 Å². The lowest BCUT2D eigenvalue weighted by Gasteiger charge is -2.42. The Morgan fingerprint density at radius 3 is 2.42 bits per heavy atom. The molecule has 1 saturated carbocycles. The van der Waals surface area contributed by atoms with Gasteiger partial charge in [-0.05, 0) is 93.1 Å². The first-order valence-corrected chi connectivity index (χ1v) is 14.2. The smallest absolute Gasteiger partial charge is 0.381 e. The van der Waals surface area contributed by atoms with Crippen LogP contribution in [0.15, 0.2) is 72.0 Å². The summed E-state index contributed by atoms with van der Waals surface area (Å²) >= 11 is 0. The summed E-state index contributed by atoms with van der Waals surface area (Å²) in [6, 6.07) is 14.1. The van der Waals surface area contributed by atoms with Gasteiger partial charge < -0.3 is 5.32 Å². The molecule has 1 aliphatic carbocycles. The molecule has 2 heterocycles. The maximum Gasteiger partial charge on any atom is 0.416 e. The van der Waals surface area contributed by atoms with E-state index in [4.69, 9.17) is 0 Å². The molecular weight excluding hydrogens is 515 g/mol. The fourth-order valence-corrected chi connectivity index (χ4v) is 6.56. The van der Waals surface area contributed by atoms with Crippen LogP contribution in [0.4, 0.5) is 24.7 Å². The number of hydrogen-bond acceptors (Lipinski definition) is 6. The van der Waals surface area contributed by atoms with Gasteiger partial charge in [0.2, 0.25) is 0 Å². The molecule has 2 aliphatic rings. The van der Waals surface area contributed by atoms with Crippen molar-refractivity contribution in [1.29, 1.82) is 0 Å². The Balaban J connectivity index is 1.30. The van der Waals surface area contributed by atoms with Crippen molar-refractivity contribution in [3.05, 3.63) is 78.2 Å². The van der Waals surface area contributed by atoms with E-state index in [0.29, 0.717) is 0 Å². The predicted molar refractivity (Wildman–Crippen MR) is 139 cm³/mol. The average Bonchev–Trinajstić information content (AvgIpc) is 3.44. The number of halogens is 3. The maximum absolute atomic E-state index is 13.3. The summed E-state index contributed by atoms with van der Waals surface area (Å²) in [4.78, 5) is 10.2. The summed E-state index contributed by atoms with van der Waals surface area (Å²) in [6.45, 7) is 1.95. The summed E-state index contributed by atoms with van der Waals surface area (Å²) in [7, 11) is -3.80. The van der Waals surface area contributed by atoms with Crippen LogP contribution in [-0.2, 0) is 16.2 Å². The van der Waals surface area contributed by atoms with Gasteiger partial charge in [0.15, 0.2) is 0 Å². The second-order valence-electron chi connectivity index (χ2n) is 9.92. The lowest BCUT2D eigenvalue weighted by molar-refractivity contribution is -0.137. The van der Waals surface area contributed by atoms with Crippen molar-refractivity contribution in [1.82, 2.24) is 14.9 Å². The molecular formula is C27H30F3N5O2S. The van der Waals surface area contributed by atoms with E-state index in [1.807, 2.05) is 6.07 Å². The van der Waals surface area contributed by atoms with Gasteiger partial charge in [0.25, 0.3) is 10.0 Å². The van der Waals surface area contributed by atoms with E-state index in [1.165, 1.54) is 30.7 Å². The minimum atomic E-state index is -4.35. The van der Waals surface area contributed by atoms with Crippen LogP contribution in [0.2, 0.25) is 0 Å². The number of sulfonamides is 1. The highest BCUT2D eigenvalue weighted by Gasteiger charge is 2.37. The highest BCUT2D eigenvalue weighted by atomic mass is 32.2. The summed E-state index contributed by atoms with van der Waals surface area (Å²) in [5.41, 5.74) is 0.947. The first kappa shape index (κ1) is 26.4. The molecule has 1 saturated heterocycles. The number of nitrogens with zero attached hydrogens (tertiary/aromatic N) is 3. The first-order chi connectivity index (χ1) is 18.2. The number of rotatable bonds is 7. The molecule has 1 aliphatic heterocycles. The standard InChI is InChI=1S/C27H30F3N5O2S/c28-27(29,30)21-5-3-4-19(16-21)20-6-11-24(25(17-20)35-14-1-2-15-35)33-22-7-9-23(10-8-22)38(36,37)34-26-12-13-31-18-32-26/h3-5,7-10,12-13,16,18,20,24-25,33H,1-2,6,11,14-15,17H2,(H,31,32,34)/t20-,24-,25-/m0/s1. The maximum atomic E-state index is 13.3. The Hall–Kier alpha value is -3.18. The van der Waals surface area contributed by atoms with E-state index in [-0.39, 0.29) is 28.7 Å². The Bertz CT molecular complexity index is 1330. The number of nitrogens with one attached hydrogen (secondary N) is 2. The molecule has 2 N–H and O–H groups in total. The number of aromatic nitrogens is 2. The van der Waals surface area contributed by atoms with Gasteiger partial charge in [0.1, 0.15) is 12.1 Å². The van der Waals surface area contributed by atoms with Gasteiger partial charge in [-0.2, -0.15) is 13.2 Å². The molecule has 202 valence electrons. The molecule has 7 nitrogen and oxygen atoms in total. The van der Waals surface area contributed by atoms with Gasteiger partial charge in [-0.3, -0.25) is 9.62 Å². The monoisotopic (exact) mass is 545 g/mol. The molecule has 0 bridgehead atoms. The second-order valence-corrected chi connectivity index (χ2v) is 11.6. The van der Waals surface area contributed by atoms with E-state index < -0.39 is 21.8 Å². The second kappa shape index (κ2) is 10.9. The zero-order chi connectivity index (χ0) is 26.8. The molecule has 38 heavy (non-hydrogen) atoms. The van der Waals surface area contributed by atoms with Crippen LogP contribution in [0.1, 0.15) is 49.1 Å². The zero-order valence-electron chi connectivity index (χ0n) is 20.7. The van der Waals surface area contributed by atoms with Gasteiger partial charge in [0.05, 0.1) is 10.5 Å². The Labute approximate surface area is 220 Å². The first-order valence-electron chi connectivity index (χ1n) is 12.8.